The van der Waals surface area contributed by atoms with E-state index in [1.165, 1.54) is 0 Å². The summed E-state index contributed by atoms with van der Waals surface area (Å²) < 4.78 is 15.6. The number of aromatic nitrogens is 1. The maximum atomic E-state index is 5.35. The Morgan fingerprint density at radius 1 is 0.889 bits per heavy atom. The first-order chi connectivity index (χ1) is 8.78. The van der Waals surface area contributed by atoms with Crippen LogP contribution in [0.5, 0.6) is 17.4 Å². The zero-order valence-electron chi connectivity index (χ0n) is 10.6. The average Bonchev–Trinajstić information content (AvgIpc) is 2.46. The predicted octanol–water partition coefficient (Wildman–Crippen LogP) is 2.77. The van der Waals surface area contributed by atoms with Gasteiger partial charge in [0.1, 0.15) is 11.5 Å². The van der Waals surface area contributed by atoms with E-state index in [4.69, 9.17) is 14.2 Å². The largest absolute Gasteiger partial charge is 0.497 e. The number of hydrogen-bond acceptors (Lipinski definition) is 4. The molecule has 2 rings (SSSR count). The van der Waals surface area contributed by atoms with Crippen molar-refractivity contribution < 1.29 is 14.2 Å². The molecule has 0 atom stereocenters. The van der Waals surface area contributed by atoms with Gasteiger partial charge in [0.25, 0.3) is 0 Å². The van der Waals surface area contributed by atoms with Crippen LogP contribution in [0.15, 0.2) is 36.5 Å². The highest BCUT2D eigenvalue weighted by atomic mass is 16.5. The highest BCUT2D eigenvalue weighted by Crippen LogP contribution is 2.32. The second-order valence-electron chi connectivity index (χ2n) is 3.66. The van der Waals surface area contributed by atoms with E-state index in [1.54, 1.807) is 33.6 Å². The zero-order valence-corrected chi connectivity index (χ0v) is 10.6. The average molecular weight is 245 g/mol. The van der Waals surface area contributed by atoms with Gasteiger partial charge in [0.05, 0.1) is 21.3 Å². The van der Waals surface area contributed by atoms with Gasteiger partial charge >= 0.3 is 0 Å². The summed E-state index contributed by atoms with van der Waals surface area (Å²) in [5.41, 5.74) is 1.93. The van der Waals surface area contributed by atoms with Crippen LogP contribution in [-0.2, 0) is 0 Å². The number of ether oxygens (including phenoxy) is 3. The quantitative estimate of drug-likeness (QED) is 0.830. The van der Waals surface area contributed by atoms with Crippen LogP contribution < -0.4 is 14.2 Å². The maximum absolute atomic E-state index is 5.35. The summed E-state index contributed by atoms with van der Waals surface area (Å²) in [5, 5.41) is 0. The smallest absolute Gasteiger partial charge is 0.216 e. The van der Waals surface area contributed by atoms with Gasteiger partial charge in [-0.3, -0.25) is 0 Å². The lowest BCUT2D eigenvalue weighted by Gasteiger charge is -2.10. The number of methoxy groups -OCH3 is 3. The molecule has 0 fully saturated rings. The molecule has 0 amide bonds. The Balaban J connectivity index is 2.42. The Labute approximate surface area is 106 Å². The molecule has 0 spiro atoms. The lowest BCUT2D eigenvalue weighted by atomic mass is 10.1. The molecule has 1 aromatic carbocycles. The van der Waals surface area contributed by atoms with Gasteiger partial charge in [-0.1, -0.05) is 12.1 Å². The molecule has 2 aromatic rings. The topological polar surface area (TPSA) is 40.6 Å². The fraction of sp³-hybridized carbons (Fsp3) is 0.214. The number of nitrogens with zero attached hydrogens (tertiary/aromatic N) is 1. The molecule has 1 aromatic heterocycles. The minimum atomic E-state index is 0.532. The van der Waals surface area contributed by atoms with Crippen LogP contribution in [-0.4, -0.2) is 26.3 Å². The third-order valence-electron chi connectivity index (χ3n) is 2.67. The van der Waals surface area contributed by atoms with Gasteiger partial charge in [-0.05, 0) is 17.7 Å². The molecule has 4 nitrogen and oxygen atoms in total. The van der Waals surface area contributed by atoms with Crippen LogP contribution in [0.4, 0.5) is 0 Å². The van der Waals surface area contributed by atoms with Crippen molar-refractivity contribution in [3.63, 3.8) is 0 Å². The van der Waals surface area contributed by atoms with Crippen LogP contribution in [0.25, 0.3) is 11.1 Å². The number of rotatable bonds is 4. The Morgan fingerprint density at radius 3 is 2.17 bits per heavy atom. The lowest BCUT2D eigenvalue weighted by molar-refractivity contribution is 0.383. The molecule has 0 N–H and O–H groups in total. The van der Waals surface area contributed by atoms with Crippen molar-refractivity contribution in [2.75, 3.05) is 21.3 Å². The summed E-state index contributed by atoms with van der Waals surface area (Å²) >= 11 is 0. The van der Waals surface area contributed by atoms with Crippen molar-refractivity contribution in [1.82, 2.24) is 4.98 Å². The van der Waals surface area contributed by atoms with Crippen LogP contribution >= 0.6 is 0 Å². The van der Waals surface area contributed by atoms with E-state index in [0.717, 1.165) is 22.6 Å². The molecule has 0 saturated carbocycles. The molecule has 0 aliphatic rings. The van der Waals surface area contributed by atoms with E-state index >= 15 is 0 Å². The summed E-state index contributed by atoms with van der Waals surface area (Å²) in [7, 11) is 4.85. The van der Waals surface area contributed by atoms with Gasteiger partial charge in [0.2, 0.25) is 5.88 Å². The van der Waals surface area contributed by atoms with E-state index in [-0.39, 0.29) is 0 Å². The van der Waals surface area contributed by atoms with Gasteiger partial charge < -0.3 is 14.2 Å². The van der Waals surface area contributed by atoms with Crippen LogP contribution in [0.1, 0.15) is 0 Å². The Kier molecular flexibility index (Phi) is 3.67. The van der Waals surface area contributed by atoms with Crippen molar-refractivity contribution in [2.24, 2.45) is 0 Å². The molecule has 18 heavy (non-hydrogen) atoms. The summed E-state index contributed by atoms with van der Waals surface area (Å²) in [4.78, 5) is 4.19. The van der Waals surface area contributed by atoms with Crippen LogP contribution in [0.2, 0.25) is 0 Å². The Morgan fingerprint density at radius 2 is 1.61 bits per heavy atom. The normalized spacial score (nSPS) is 9.94. The van der Waals surface area contributed by atoms with Crippen LogP contribution in [0, 0.1) is 0 Å². The van der Waals surface area contributed by atoms with E-state index in [9.17, 15) is 0 Å². The van der Waals surface area contributed by atoms with E-state index < -0.39 is 0 Å². The minimum absolute atomic E-state index is 0.532. The van der Waals surface area contributed by atoms with Crippen molar-refractivity contribution >= 4 is 0 Å². The van der Waals surface area contributed by atoms with Gasteiger partial charge in [0.15, 0.2) is 0 Å². The highest BCUT2D eigenvalue weighted by molar-refractivity contribution is 5.70. The third kappa shape index (κ3) is 2.37. The maximum Gasteiger partial charge on any atom is 0.216 e. The SMILES string of the molecule is COc1ccc(-c2cnc(OC)cc2OC)cc1. The molecule has 0 unspecified atom stereocenters. The van der Waals surface area contributed by atoms with Crippen molar-refractivity contribution in [2.45, 2.75) is 0 Å². The number of benzene rings is 1. The summed E-state index contributed by atoms with van der Waals surface area (Å²) in [6.07, 6.45) is 1.74. The first kappa shape index (κ1) is 12.2. The second-order valence-corrected chi connectivity index (χ2v) is 3.66. The predicted molar refractivity (Wildman–Crippen MR) is 69.3 cm³/mol. The lowest BCUT2D eigenvalue weighted by Crippen LogP contribution is -1.93. The number of pyridine rings is 1. The molecule has 94 valence electrons. The van der Waals surface area contributed by atoms with Crippen molar-refractivity contribution in [1.29, 1.82) is 0 Å². The van der Waals surface area contributed by atoms with Gasteiger partial charge in [0, 0.05) is 17.8 Å². The Hall–Kier alpha value is -2.23. The molecule has 1 heterocycles. The molecule has 4 heteroatoms. The monoisotopic (exact) mass is 245 g/mol. The van der Waals surface area contributed by atoms with E-state index in [0.29, 0.717) is 5.88 Å². The molecular formula is C14H15NO3. The molecule has 0 radical (unpaired) electrons. The summed E-state index contributed by atoms with van der Waals surface area (Å²) in [6.45, 7) is 0. The van der Waals surface area contributed by atoms with Gasteiger partial charge in [-0.15, -0.1) is 0 Å². The number of hydrogen-bond donors (Lipinski definition) is 0. The zero-order chi connectivity index (χ0) is 13.0. The fourth-order valence-corrected chi connectivity index (χ4v) is 1.69. The van der Waals surface area contributed by atoms with E-state index in [2.05, 4.69) is 4.98 Å². The minimum Gasteiger partial charge on any atom is -0.497 e. The van der Waals surface area contributed by atoms with Gasteiger partial charge in [-0.25, -0.2) is 4.98 Å². The van der Waals surface area contributed by atoms with Crippen molar-refractivity contribution in [3.05, 3.63) is 36.5 Å². The fourth-order valence-electron chi connectivity index (χ4n) is 1.69. The molecule has 0 aliphatic carbocycles. The Bertz CT molecular complexity index is 523. The molecule has 0 aliphatic heterocycles. The first-order valence-electron chi connectivity index (χ1n) is 5.51. The molecule has 0 saturated heterocycles. The molecule has 0 bridgehead atoms. The first-order valence-corrected chi connectivity index (χ1v) is 5.51. The van der Waals surface area contributed by atoms with Crippen molar-refractivity contribution in [3.8, 4) is 28.5 Å². The summed E-state index contributed by atoms with van der Waals surface area (Å²) in [5.74, 6) is 2.08. The van der Waals surface area contributed by atoms with E-state index in [1.807, 2.05) is 24.3 Å². The molecular weight excluding hydrogens is 230 g/mol. The highest BCUT2D eigenvalue weighted by Gasteiger charge is 2.08. The van der Waals surface area contributed by atoms with Crippen LogP contribution in [0.3, 0.4) is 0 Å². The summed E-state index contributed by atoms with van der Waals surface area (Å²) in [6, 6.07) is 9.49. The third-order valence-corrected chi connectivity index (χ3v) is 2.67. The van der Waals surface area contributed by atoms with Gasteiger partial charge in [-0.2, -0.15) is 0 Å². The standard InChI is InChI=1S/C14H15NO3/c1-16-11-6-4-10(5-7-11)12-9-15-14(18-3)8-13(12)17-2/h4-9H,1-3H3. The second kappa shape index (κ2) is 5.40.